The number of carbonyl (C=O) groups excluding carboxylic acids is 2. The number of anilines is 1. The zero-order valence-corrected chi connectivity index (χ0v) is 24.8. The molecular weight excluding hydrogens is 591 g/mol. The van der Waals surface area contributed by atoms with Gasteiger partial charge >= 0.3 is 6.18 Å². The Morgan fingerprint density at radius 2 is 1.56 bits per heavy atom. The maximum absolute atomic E-state index is 13.3. The smallest absolute Gasteiger partial charge is 0.422 e. The molecule has 0 radical (unpaired) electrons. The summed E-state index contributed by atoms with van der Waals surface area (Å²) < 4.78 is 48.6. The van der Waals surface area contributed by atoms with E-state index < -0.39 is 12.8 Å². The number of piperazine rings is 1. The van der Waals surface area contributed by atoms with E-state index in [1.165, 1.54) is 12.1 Å². The van der Waals surface area contributed by atoms with Gasteiger partial charge < -0.3 is 19.7 Å². The van der Waals surface area contributed by atoms with Gasteiger partial charge in [0.2, 0.25) is 0 Å². The molecule has 2 aromatic heterocycles. The van der Waals surface area contributed by atoms with E-state index in [2.05, 4.69) is 25.5 Å². The Kier molecular flexibility index (Phi) is 9.62. The number of nitrogens with zero attached hydrogens (tertiary/aromatic N) is 6. The Balaban J connectivity index is 1.10. The minimum Gasteiger partial charge on any atom is -0.497 e. The number of hydrogen-bond donors (Lipinski definition) is 1. The van der Waals surface area contributed by atoms with Crippen molar-refractivity contribution in [3.63, 3.8) is 0 Å². The molecule has 0 spiro atoms. The van der Waals surface area contributed by atoms with Crippen molar-refractivity contribution in [2.45, 2.75) is 26.2 Å². The Labute approximate surface area is 257 Å². The van der Waals surface area contributed by atoms with Gasteiger partial charge in [0.05, 0.1) is 19.3 Å². The molecular formula is C31H32F3N7O4. The lowest BCUT2D eigenvalue weighted by molar-refractivity contribution is -0.153. The SMILES string of the molecule is COc1ccc(NC(=O)c2ccc(Cn3nnc(C(=O)N4CCN(Cc5ccc(OCC(F)(F)F)cc5)CC4)c3C)cn2)cc1. The van der Waals surface area contributed by atoms with Crippen molar-refractivity contribution in [3.05, 3.63) is 95.1 Å². The highest BCUT2D eigenvalue weighted by atomic mass is 19.4. The van der Waals surface area contributed by atoms with Crippen molar-refractivity contribution in [2.75, 3.05) is 45.2 Å². The summed E-state index contributed by atoms with van der Waals surface area (Å²) in [7, 11) is 1.57. The highest BCUT2D eigenvalue weighted by Gasteiger charge is 2.29. The molecule has 0 atom stereocenters. The van der Waals surface area contributed by atoms with Gasteiger partial charge in [-0.3, -0.25) is 19.5 Å². The van der Waals surface area contributed by atoms with Crippen LogP contribution in [0.1, 0.15) is 37.8 Å². The van der Waals surface area contributed by atoms with Crippen LogP contribution in [0.25, 0.3) is 0 Å². The van der Waals surface area contributed by atoms with Crippen LogP contribution in [0.15, 0.2) is 66.9 Å². The molecule has 11 nitrogen and oxygen atoms in total. The number of methoxy groups -OCH3 is 1. The number of alkyl halides is 3. The fourth-order valence-corrected chi connectivity index (χ4v) is 4.78. The van der Waals surface area contributed by atoms with Gasteiger partial charge in [-0.05, 0) is 60.5 Å². The van der Waals surface area contributed by atoms with Crippen LogP contribution in [0.2, 0.25) is 0 Å². The first-order chi connectivity index (χ1) is 21.6. The number of ether oxygens (including phenoxy) is 2. The largest absolute Gasteiger partial charge is 0.497 e. The molecule has 3 heterocycles. The molecule has 0 aliphatic carbocycles. The molecule has 236 valence electrons. The summed E-state index contributed by atoms with van der Waals surface area (Å²) in [6, 6.07) is 16.9. The molecule has 2 aromatic carbocycles. The van der Waals surface area contributed by atoms with Gasteiger partial charge in [-0.1, -0.05) is 23.4 Å². The summed E-state index contributed by atoms with van der Waals surface area (Å²) in [6.45, 7) is 3.66. The fourth-order valence-electron chi connectivity index (χ4n) is 4.78. The van der Waals surface area contributed by atoms with Gasteiger partial charge in [0.15, 0.2) is 12.3 Å². The molecule has 0 saturated carbocycles. The summed E-state index contributed by atoms with van der Waals surface area (Å²) in [5, 5.41) is 11.1. The normalized spacial score (nSPS) is 13.8. The van der Waals surface area contributed by atoms with Gasteiger partial charge in [-0.15, -0.1) is 5.10 Å². The summed E-state index contributed by atoms with van der Waals surface area (Å²) in [4.78, 5) is 34.0. The van der Waals surface area contributed by atoms with E-state index in [1.54, 1.807) is 78.3 Å². The van der Waals surface area contributed by atoms with Gasteiger partial charge in [0, 0.05) is 44.6 Å². The lowest BCUT2D eigenvalue weighted by Crippen LogP contribution is -2.48. The predicted molar refractivity (Wildman–Crippen MR) is 158 cm³/mol. The number of nitrogens with one attached hydrogen (secondary N) is 1. The van der Waals surface area contributed by atoms with Crippen LogP contribution in [0.4, 0.5) is 18.9 Å². The van der Waals surface area contributed by atoms with Crippen molar-refractivity contribution in [1.82, 2.24) is 29.8 Å². The van der Waals surface area contributed by atoms with E-state index >= 15 is 0 Å². The van der Waals surface area contributed by atoms with Crippen LogP contribution in [0.3, 0.4) is 0 Å². The summed E-state index contributed by atoms with van der Waals surface area (Å²) in [5.74, 6) is 0.306. The monoisotopic (exact) mass is 623 g/mol. The molecule has 45 heavy (non-hydrogen) atoms. The first-order valence-electron chi connectivity index (χ1n) is 14.2. The van der Waals surface area contributed by atoms with Crippen LogP contribution in [0.5, 0.6) is 11.5 Å². The Morgan fingerprint density at radius 3 is 2.18 bits per heavy atom. The predicted octanol–water partition coefficient (Wildman–Crippen LogP) is 4.19. The van der Waals surface area contributed by atoms with Crippen molar-refractivity contribution in [3.8, 4) is 11.5 Å². The number of pyridine rings is 1. The second kappa shape index (κ2) is 13.8. The standard InChI is InChI=1S/C31H32F3N7O4/c1-21-28(30(43)40-15-13-39(14-16-40)18-22-3-8-26(9-4-22)45-20-31(32,33)34)37-38-41(21)19-23-5-12-27(35-17-23)29(42)36-24-6-10-25(44-2)11-7-24/h3-12,17H,13-16,18-20H2,1-2H3,(H,36,42). The first kappa shape index (κ1) is 31.4. The average molecular weight is 624 g/mol. The van der Waals surface area contributed by atoms with Crippen molar-refractivity contribution in [1.29, 1.82) is 0 Å². The highest BCUT2D eigenvalue weighted by molar-refractivity contribution is 6.02. The Morgan fingerprint density at radius 1 is 0.889 bits per heavy atom. The number of aromatic nitrogens is 4. The van der Waals surface area contributed by atoms with Crippen molar-refractivity contribution >= 4 is 17.5 Å². The second-order valence-electron chi connectivity index (χ2n) is 10.5. The lowest BCUT2D eigenvalue weighted by atomic mass is 10.2. The number of benzene rings is 2. The number of halogens is 3. The molecule has 14 heteroatoms. The van der Waals surface area contributed by atoms with E-state index in [0.29, 0.717) is 56.4 Å². The molecule has 2 amide bonds. The third-order valence-corrected chi connectivity index (χ3v) is 7.31. The van der Waals surface area contributed by atoms with Gasteiger partial charge in [0.1, 0.15) is 17.2 Å². The van der Waals surface area contributed by atoms with Crippen LogP contribution >= 0.6 is 0 Å². The van der Waals surface area contributed by atoms with E-state index in [1.807, 2.05) is 0 Å². The molecule has 0 unspecified atom stereocenters. The first-order valence-corrected chi connectivity index (χ1v) is 14.2. The molecule has 1 aliphatic rings. The number of carbonyl (C=O) groups is 2. The molecule has 1 aliphatic heterocycles. The molecule has 1 saturated heterocycles. The molecule has 5 rings (SSSR count). The highest BCUT2D eigenvalue weighted by Crippen LogP contribution is 2.20. The van der Waals surface area contributed by atoms with Crippen molar-refractivity contribution in [2.24, 2.45) is 0 Å². The fraction of sp³-hybridized carbons (Fsp3) is 0.323. The van der Waals surface area contributed by atoms with Crippen LogP contribution in [-0.2, 0) is 13.1 Å². The molecule has 4 aromatic rings. The molecule has 1 fully saturated rings. The van der Waals surface area contributed by atoms with Gasteiger partial charge in [0.25, 0.3) is 11.8 Å². The lowest BCUT2D eigenvalue weighted by Gasteiger charge is -2.34. The maximum Gasteiger partial charge on any atom is 0.422 e. The van der Waals surface area contributed by atoms with E-state index in [4.69, 9.17) is 9.47 Å². The van der Waals surface area contributed by atoms with Crippen LogP contribution in [0, 0.1) is 6.92 Å². The summed E-state index contributed by atoms with van der Waals surface area (Å²) in [5.41, 5.74) is 3.50. The maximum atomic E-state index is 13.3. The minimum atomic E-state index is -4.38. The summed E-state index contributed by atoms with van der Waals surface area (Å²) in [6.07, 6.45) is -2.79. The second-order valence-corrected chi connectivity index (χ2v) is 10.5. The third kappa shape index (κ3) is 8.35. The van der Waals surface area contributed by atoms with Gasteiger partial charge in [-0.2, -0.15) is 13.2 Å². The quantitative estimate of drug-likeness (QED) is 0.280. The van der Waals surface area contributed by atoms with E-state index in [0.717, 1.165) is 11.1 Å². The average Bonchev–Trinajstić information content (AvgIpc) is 3.40. The van der Waals surface area contributed by atoms with E-state index in [9.17, 15) is 22.8 Å². The molecule has 0 bridgehead atoms. The number of amides is 2. The number of hydrogen-bond acceptors (Lipinski definition) is 8. The van der Waals surface area contributed by atoms with Gasteiger partial charge in [-0.25, -0.2) is 4.68 Å². The van der Waals surface area contributed by atoms with Crippen molar-refractivity contribution < 1.29 is 32.2 Å². The van der Waals surface area contributed by atoms with Crippen LogP contribution in [-0.4, -0.2) is 87.7 Å². The van der Waals surface area contributed by atoms with E-state index in [-0.39, 0.29) is 29.0 Å². The van der Waals surface area contributed by atoms with Crippen LogP contribution < -0.4 is 14.8 Å². The minimum absolute atomic E-state index is 0.163. The summed E-state index contributed by atoms with van der Waals surface area (Å²) >= 11 is 0. The topological polar surface area (TPSA) is 115 Å². The third-order valence-electron chi connectivity index (χ3n) is 7.31. The zero-order valence-electron chi connectivity index (χ0n) is 24.8. The zero-order chi connectivity index (χ0) is 32.0. The Bertz CT molecular complexity index is 1600. The Hall–Kier alpha value is -4.98. The molecule has 1 N–H and O–H groups in total. The number of rotatable bonds is 10.